The minimum absolute atomic E-state index is 0.0454. The van der Waals surface area contributed by atoms with Crippen LogP contribution in [0.2, 0.25) is 0 Å². The maximum absolute atomic E-state index is 11.7. The molecule has 1 rings (SSSR count). The van der Waals surface area contributed by atoms with Crippen LogP contribution in [0.5, 0.6) is 0 Å². The Labute approximate surface area is 112 Å². The molecule has 0 fully saturated rings. The zero-order valence-electron chi connectivity index (χ0n) is 10.9. The van der Waals surface area contributed by atoms with E-state index in [9.17, 15) is 9.59 Å². The molecule has 1 aromatic rings. The standard InChI is InChI=1S/C14H18O3S/c1-4-13(14(16)17-5-2)18-12-8-6-11(7-9-12)10(3)15/h6-9,13H,4-5H2,1-3H3. The van der Waals surface area contributed by atoms with Gasteiger partial charge in [0, 0.05) is 10.5 Å². The summed E-state index contributed by atoms with van der Waals surface area (Å²) in [7, 11) is 0. The van der Waals surface area contributed by atoms with E-state index in [1.807, 2.05) is 19.1 Å². The monoisotopic (exact) mass is 266 g/mol. The van der Waals surface area contributed by atoms with Gasteiger partial charge in [0.25, 0.3) is 0 Å². The summed E-state index contributed by atoms with van der Waals surface area (Å²) in [6, 6.07) is 7.29. The molecule has 1 aromatic carbocycles. The lowest BCUT2D eigenvalue weighted by Gasteiger charge is -2.13. The molecule has 1 unspecified atom stereocenters. The zero-order chi connectivity index (χ0) is 13.5. The molecule has 0 aliphatic rings. The van der Waals surface area contributed by atoms with Crippen LogP contribution in [0.4, 0.5) is 0 Å². The van der Waals surface area contributed by atoms with E-state index < -0.39 is 0 Å². The fourth-order valence-electron chi connectivity index (χ4n) is 1.47. The third-order valence-corrected chi connectivity index (χ3v) is 3.81. The Balaban J connectivity index is 2.70. The highest BCUT2D eigenvalue weighted by molar-refractivity contribution is 8.00. The van der Waals surface area contributed by atoms with Gasteiger partial charge >= 0.3 is 5.97 Å². The predicted octanol–water partition coefficient (Wildman–Crippen LogP) is 3.32. The van der Waals surface area contributed by atoms with Crippen molar-refractivity contribution in [2.75, 3.05) is 6.61 Å². The van der Waals surface area contributed by atoms with Crippen LogP contribution in [-0.4, -0.2) is 23.6 Å². The number of carbonyl (C=O) groups is 2. The molecule has 0 amide bonds. The maximum atomic E-state index is 11.7. The fourth-order valence-corrected chi connectivity index (χ4v) is 2.42. The van der Waals surface area contributed by atoms with Gasteiger partial charge in [0.2, 0.25) is 0 Å². The van der Waals surface area contributed by atoms with Crippen LogP contribution >= 0.6 is 11.8 Å². The van der Waals surface area contributed by atoms with Gasteiger partial charge in [0.1, 0.15) is 5.25 Å². The minimum atomic E-state index is -0.187. The van der Waals surface area contributed by atoms with E-state index in [2.05, 4.69) is 0 Å². The lowest BCUT2D eigenvalue weighted by atomic mass is 10.2. The molecule has 0 aromatic heterocycles. The summed E-state index contributed by atoms with van der Waals surface area (Å²) in [6.45, 7) is 5.70. The molecule has 1 atom stereocenters. The number of carbonyl (C=O) groups excluding carboxylic acids is 2. The van der Waals surface area contributed by atoms with Crippen LogP contribution in [0.15, 0.2) is 29.2 Å². The molecule has 0 N–H and O–H groups in total. The van der Waals surface area contributed by atoms with Gasteiger partial charge in [0.15, 0.2) is 5.78 Å². The second-order valence-electron chi connectivity index (χ2n) is 3.85. The van der Waals surface area contributed by atoms with E-state index in [0.717, 1.165) is 11.3 Å². The van der Waals surface area contributed by atoms with E-state index in [0.29, 0.717) is 12.2 Å². The van der Waals surface area contributed by atoms with E-state index in [4.69, 9.17) is 4.74 Å². The SMILES string of the molecule is CCOC(=O)C(CC)Sc1ccc(C(C)=O)cc1. The van der Waals surface area contributed by atoms with Crippen LogP contribution in [0.3, 0.4) is 0 Å². The van der Waals surface area contributed by atoms with Gasteiger partial charge in [0.05, 0.1) is 6.61 Å². The zero-order valence-corrected chi connectivity index (χ0v) is 11.8. The smallest absolute Gasteiger partial charge is 0.319 e. The number of rotatable bonds is 6. The number of ether oxygens (including phenoxy) is 1. The van der Waals surface area contributed by atoms with Crippen molar-refractivity contribution < 1.29 is 14.3 Å². The van der Waals surface area contributed by atoms with Crippen LogP contribution in [0, 0.1) is 0 Å². The Morgan fingerprint density at radius 3 is 2.28 bits per heavy atom. The minimum Gasteiger partial charge on any atom is -0.465 e. The molecule has 0 saturated carbocycles. The first-order valence-corrected chi connectivity index (χ1v) is 6.90. The number of Topliss-reactive ketones (excluding diaryl/α,β-unsaturated/α-hetero) is 1. The molecular weight excluding hydrogens is 248 g/mol. The highest BCUT2D eigenvalue weighted by Crippen LogP contribution is 2.26. The van der Waals surface area contributed by atoms with Gasteiger partial charge in [-0.15, -0.1) is 11.8 Å². The predicted molar refractivity (Wildman–Crippen MR) is 73.0 cm³/mol. The van der Waals surface area contributed by atoms with Crippen molar-refractivity contribution in [3.8, 4) is 0 Å². The first-order valence-electron chi connectivity index (χ1n) is 6.02. The van der Waals surface area contributed by atoms with Gasteiger partial charge in [-0.2, -0.15) is 0 Å². The summed E-state index contributed by atoms with van der Waals surface area (Å²) < 4.78 is 5.02. The number of esters is 1. The number of benzene rings is 1. The normalized spacial score (nSPS) is 11.9. The molecule has 18 heavy (non-hydrogen) atoms. The number of hydrogen-bond acceptors (Lipinski definition) is 4. The number of thioether (sulfide) groups is 1. The Morgan fingerprint density at radius 2 is 1.83 bits per heavy atom. The van der Waals surface area contributed by atoms with Crippen molar-refractivity contribution in [3.05, 3.63) is 29.8 Å². The molecule has 0 aliphatic heterocycles. The summed E-state index contributed by atoms with van der Waals surface area (Å²) in [5.41, 5.74) is 0.684. The van der Waals surface area contributed by atoms with Gasteiger partial charge in [-0.1, -0.05) is 19.1 Å². The average molecular weight is 266 g/mol. The van der Waals surface area contributed by atoms with Crippen molar-refractivity contribution >= 4 is 23.5 Å². The van der Waals surface area contributed by atoms with Crippen molar-refractivity contribution in [2.45, 2.75) is 37.3 Å². The topological polar surface area (TPSA) is 43.4 Å². The van der Waals surface area contributed by atoms with E-state index >= 15 is 0 Å². The molecule has 0 spiro atoms. The van der Waals surface area contributed by atoms with Crippen molar-refractivity contribution in [3.63, 3.8) is 0 Å². The second kappa shape index (κ2) is 7.21. The molecule has 3 nitrogen and oxygen atoms in total. The van der Waals surface area contributed by atoms with E-state index in [-0.39, 0.29) is 17.0 Å². The Hall–Kier alpha value is -1.29. The van der Waals surface area contributed by atoms with E-state index in [1.165, 1.54) is 18.7 Å². The first kappa shape index (κ1) is 14.8. The maximum Gasteiger partial charge on any atom is 0.319 e. The number of ketones is 1. The molecule has 98 valence electrons. The summed E-state index contributed by atoms with van der Waals surface area (Å²) >= 11 is 1.47. The lowest BCUT2D eigenvalue weighted by Crippen LogP contribution is -2.19. The average Bonchev–Trinajstić information content (AvgIpc) is 2.36. The third-order valence-electron chi connectivity index (χ3n) is 2.46. The van der Waals surface area contributed by atoms with Crippen molar-refractivity contribution in [1.82, 2.24) is 0 Å². The summed E-state index contributed by atoms with van der Waals surface area (Å²) in [4.78, 5) is 23.8. The van der Waals surface area contributed by atoms with Crippen molar-refractivity contribution in [2.24, 2.45) is 0 Å². The number of hydrogen-bond donors (Lipinski definition) is 0. The molecule has 0 radical (unpaired) electrons. The molecule has 0 heterocycles. The first-order chi connectivity index (χ1) is 8.58. The van der Waals surface area contributed by atoms with Gasteiger partial charge in [-0.05, 0) is 32.4 Å². The Morgan fingerprint density at radius 1 is 1.22 bits per heavy atom. The Kier molecular flexibility index (Phi) is 5.92. The second-order valence-corrected chi connectivity index (χ2v) is 5.12. The van der Waals surface area contributed by atoms with E-state index in [1.54, 1.807) is 19.1 Å². The largest absolute Gasteiger partial charge is 0.465 e. The van der Waals surface area contributed by atoms with Gasteiger partial charge in [-0.25, -0.2) is 0 Å². The Bertz CT molecular complexity index is 412. The molecule has 0 bridgehead atoms. The quantitative estimate of drug-likeness (QED) is 0.450. The highest BCUT2D eigenvalue weighted by Gasteiger charge is 2.18. The molecule has 0 aliphatic carbocycles. The summed E-state index contributed by atoms with van der Waals surface area (Å²) in [5.74, 6) is -0.135. The van der Waals surface area contributed by atoms with Gasteiger partial charge < -0.3 is 4.74 Å². The van der Waals surface area contributed by atoms with Crippen LogP contribution in [-0.2, 0) is 9.53 Å². The van der Waals surface area contributed by atoms with Crippen molar-refractivity contribution in [1.29, 1.82) is 0 Å². The highest BCUT2D eigenvalue weighted by atomic mass is 32.2. The lowest BCUT2D eigenvalue weighted by molar-refractivity contribution is -0.142. The molecule has 4 heteroatoms. The third kappa shape index (κ3) is 4.18. The summed E-state index contributed by atoms with van der Waals surface area (Å²) in [6.07, 6.45) is 0.720. The fraction of sp³-hybridized carbons (Fsp3) is 0.429. The van der Waals surface area contributed by atoms with Crippen LogP contribution in [0.25, 0.3) is 0 Å². The molecule has 0 saturated heterocycles. The molecular formula is C14H18O3S. The summed E-state index contributed by atoms with van der Waals surface area (Å²) in [5, 5.41) is -0.187. The van der Waals surface area contributed by atoms with Crippen LogP contribution in [0.1, 0.15) is 37.6 Å². The van der Waals surface area contributed by atoms with Gasteiger partial charge in [-0.3, -0.25) is 9.59 Å². The van der Waals surface area contributed by atoms with Crippen LogP contribution < -0.4 is 0 Å².